The van der Waals surface area contributed by atoms with Crippen LogP contribution in [0.5, 0.6) is 0 Å². The predicted octanol–water partition coefficient (Wildman–Crippen LogP) is 1.70. The van der Waals surface area contributed by atoms with Gasteiger partial charge in [-0.15, -0.1) is 0 Å². The van der Waals surface area contributed by atoms with E-state index in [1.807, 2.05) is 29.2 Å². The van der Waals surface area contributed by atoms with Gasteiger partial charge in [0.2, 0.25) is 0 Å². The molecular weight excluding hydrogens is 238 g/mol. The molecule has 1 saturated heterocycles. The molecule has 1 aliphatic rings. The van der Waals surface area contributed by atoms with Crippen LogP contribution in [0.25, 0.3) is 5.52 Å². The zero-order valence-electron chi connectivity index (χ0n) is 11.6. The van der Waals surface area contributed by atoms with Crippen LogP contribution in [-0.4, -0.2) is 39.8 Å². The molecule has 1 aliphatic heterocycles. The van der Waals surface area contributed by atoms with E-state index in [0.717, 1.165) is 24.4 Å². The van der Waals surface area contributed by atoms with E-state index < -0.39 is 0 Å². The summed E-state index contributed by atoms with van der Waals surface area (Å²) in [7, 11) is 0. The molecule has 2 aromatic heterocycles. The summed E-state index contributed by atoms with van der Waals surface area (Å²) in [6, 6.07) is 3.03. The normalized spacial score (nSPS) is 19.4. The number of hydrogen-bond donors (Lipinski definition) is 1. The molecule has 5 nitrogen and oxygen atoms in total. The van der Waals surface area contributed by atoms with Gasteiger partial charge in [-0.3, -0.25) is 0 Å². The molecule has 0 bridgehead atoms. The first-order chi connectivity index (χ1) is 9.25. The van der Waals surface area contributed by atoms with Crippen molar-refractivity contribution >= 4 is 11.3 Å². The van der Waals surface area contributed by atoms with E-state index in [4.69, 9.17) is 0 Å². The van der Waals surface area contributed by atoms with Gasteiger partial charge in [0, 0.05) is 31.0 Å². The van der Waals surface area contributed by atoms with Gasteiger partial charge in [0.25, 0.3) is 0 Å². The Morgan fingerprint density at radius 3 is 3.11 bits per heavy atom. The Balaban J connectivity index is 1.92. The summed E-state index contributed by atoms with van der Waals surface area (Å²) in [4.78, 5) is 6.96. The van der Waals surface area contributed by atoms with Gasteiger partial charge in [0.15, 0.2) is 5.82 Å². The summed E-state index contributed by atoms with van der Waals surface area (Å²) in [5.41, 5.74) is 1.08. The van der Waals surface area contributed by atoms with Crippen LogP contribution in [0.4, 0.5) is 5.82 Å². The first-order valence-electron chi connectivity index (χ1n) is 7.04. The van der Waals surface area contributed by atoms with Gasteiger partial charge in [-0.2, -0.15) is 5.10 Å². The number of fused-ring (bicyclic) bond motifs is 1. The fourth-order valence-corrected chi connectivity index (χ4v) is 2.76. The first kappa shape index (κ1) is 12.4. The van der Waals surface area contributed by atoms with E-state index in [2.05, 4.69) is 34.1 Å². The number of nitrogens with one attached hydrogen (secondary N) is 1. The molecule has 0 aliphatic carbocycles. The second-order valence-corrected chi connectivity index (χ2v) is 5.45. The van der Waals surface area contributed by atoms with Crippen molar-refractivity contribution in [2.75, 3.05) is 18.0 Å². The minimum absolute atomic E-state index is 0.427. The molecule has 5 heteroatoms. The van der Waals surface area contributed by atoms with Crippen LogP contribution in [0.3, 0.4) is 0 Å². The molecule has 2 aromatic rings. The molecule has 0 amide bonds. The maximum atomic E-state index is 4.58. The van der Waals surface area contributed by atoms with E-state index in [1.165, 1.54) is 12.8 Å². The van der Waals surface area contributed by atoms with Crippen molar-refractivity contribution in [2.45, 2.75) is 38.8 Å². The third-order valence-electron chi connectivity index (χ3n) is 3.78. The Bertz CT molecular complexity index is 542. The highest BCUT2D eigenvalue weighted by atomic mass is 15.3. The van der Waals surface area contributed by atoms with Gasteiger partial charge in [0.1, 0.15) is 5.52 Å². The Kier molecular flexibility index (Phi) is 3.38. The van der Waals surface area contributed by atoms with E-state index in [1.54, 1.807) is 0 Å². The average molecular weight is 259 g/mol. The van der Waals surface area contributed by atoms with Crippen molar-refractivity contribution in [1.29, 1.82) is 0 Å². The minimum Gasteiger partial charge on any atom is -0.351 e. The van der Waals surface area contributed by atoms with Crippen molar-refractivity contribution < 1.29 is 0 Å². The molecule has 0 radical (unpaired) electrons. The fourth-order valence-electron chi connectivity index (χ4n) is 2.76. The van der Waals surface area contributed by atoms with Gasteiger partial charge in [-0.1, -0.05) is 0 Å². The topological polar surface area (TPSA) is 45.5 Å². The molecular formula is C14H21N5. The van der Waals surface area contributed by atoms with Crippen LogP contribution in [0.1, 0.15) is 26.7 Å². The number of aromatic nitrogens is 3. The summed E-state index contributed by atoms with van der Waals surface area (Å²) in [6.45, 7) is 6.59. The molecule has 0 spiro atoms. The maximum absolute atomic E-state index is 4.58. The van der Waals surface area contributed by atoms with Crippen LogP contribution >= 0.6 is 0 Å². The summed E-state index contributed by atoms with van der Waals surface area (Å²) < 4.78 is 1.89. The van der Waals surface area contributed by atoms with E-state index >= 15 is 0 Å². The third kappa shape index (κ3) is 2.42. The smallest absolute Gasteiger partial charge is 0.154 e. The van der Waals surface area contributed by atoms with E-state index in [9.17, 15) is 0 Å². The Morgan fingerprint density at radius 2 is 2.37 bits per heavy atom. The zero-order chi connectivity index (χ0) is 13.2. The van der Waals surface area contributed by atoms with Crippen molar-refractivity contribution in [2.24, 2.45) is 0 Å². The fraction of sp³-hybridized carbons (Fsp3) is 0.571. The Hall–Kier alpha value is -1.62. The highest BCUT2D eigenvalue weighted by Crippen LogP contribution is 2.21. The Labute approximate surface area is 113 Å². The largest absolute Gasteiger partial charge is 0.351 e. The monoisotopic (exact) mass is 259 g/mol. The highest BCUT2D eigenvalue weighted by molar-refractivity contribution is 5.68. The van der Waals surface area contributed by atoms with E-state index in [0.29, 0.717) is 12.1 Å². The zero-order valence-corrected chi connectivity index (χ0v) is 11.6. The summed E-state index contributed by atoms with van der Waals surface area (Å²) in [6.07, 6.45) is 8.08. The van der Waals surface area contributed by atoms with Crippen LogP contribution in [0, 0.1) is 0 Å². The maximum Gasteiger partial charge on any atom is 0.154 e. The third-order valence-corrected chi connectivity index (χ3v) is 3.78. The van der Waals surface area contributed by atoms with E-state index in [-0.39, 0.29) is 0 Å². The van der Waals surface area contributed by atoms with Crippen LogP contribution in [0.2, 0.25) is 0 Å². The SMILES string of the molecule is CC(C)N(CC1CCCN1)c1nccn2nccc12. The molecule has 1 fully saturated rings. The predicted molar refractivity (Wildman–Crippen MR) is 76.5 cm³/mol. The summed E-state index contributed by atoms with van der Waals surface area (Å²) in [5, 5.41) is 7.85. The number of hydrogen-bond acceptors (Lipinski definition) is 4. The van der Waals surface area contributed by atoms with Crippen molar-refractivity contribution in [3.05, 3.63) is 24.7 Å². The second kappa shape index (κ2) is 5.17. The lowest BCUT2D eigenvalue weighted by molar-refractivity contribution is 0.549. The molecule has 19 heavy (non-hydrogen) atoms. The van der Waals surface area contributed by atoms with Gasteiger partial charge >= 0.3 is 0 Å². The first-order valence-corrected chi connectivity index (χ1v) is 7.04. The van der Waals surface area contributed by atoms with Crippen LogP contribution < -0.4 is 10.2 Å². The highest BCUT2D eigenvalue weighted by Gasteiger charge is 2.22. The second-order valence-electron chi connectivity index (χ2n) is 5.45. The van der Waals surface area contributed by atoms with Crippen molar-refractivity contribution in [3.8, 4) is 0 Å². The molecule has 1 N–H and O–H groups in total. The lowest BCUT2D eigenvalue weighted by Crippen LogP contribution is -2.42. The molecule has 1 unspecified atom stereocenters. The molecule has 1 atom stereocenters. The summed E-state index contributed by atoms with van der Waals surface area (Å²) >= 11 is 0. The van der Waals surface area contributed by atoms with Gasteiger partial charge in [-0.05, 0) is 39.3 Å². The summed E-state index contributed by atoms with van der Waals surface area (Å²) in [5.74, 6) is 1.03. The number of nitrogens with zero attached hydrogens (tertiary/aromatic N) is 4. The standard InChI is InChI=1S/C14H21N5/c1-11(2)18(10-12-4-3-6-15-12)14-13-5-7-17-19(13)9-8-16-14/h5,7-9,11-12,15H,3-4,6,10H2,1-2H3. The van der Waals surface area contributed by atoms with Crippen LogP contribution in [0.15, 0.2) is 24.7 Å². The van der Waals surface area contributed by atoms with Gasteiger partial charge in [0.05, 0.1) is 6.20 Å². The number of rotatable bonds is 4. The van der Waals surface area contributed by atoms with Crippen molar-refractivity contribution in [3.63, 3.8) is 0 Å². The minimum atomic E-state index is 0.427. The van der Waals surface area contributed by atoms with Crippen molar-refractivity contribution in [1.82, 2.24) is 19.9 Å². The lowest BCUT2D eigenvalue weighted by Gasteiger charge is -2.30. The Morgan fingerprint density at radius 1 is 1.47 bits per heavy atom. The molecule has 102 valence electrons. The molecule has 3 heterocycles. The van der Waals surface area contributed by atoms with Crippen LogP contribution in [-0.2, 0) is 0 Å². The number of anilines is 1. The molecule has 0 saturated carbocycles. The average Bonchev–Trinajstić information content (AvgIpc) is 3.06. The van der Waals surface area contributed by atoms with Gasteiger partial charge < -0.3 is 10.2 Å². The lowest BCUT2D eigenvalue weighted by atomic mass is 10.2. The quantitative estimate of drug-likeness (QED) is 0.907. The molecule has 0 aromatic carbocycles. The molecule has 3 rings (SSSR count). The van der Waals surface area contributed by atoms with Gasteiger partial charge in [-0.25, -0.2) is 9.50 Å².